The van der Waals surface area contributed by atoms with Gasteiger partial charge in [-0.2, -0.15) is 0 Å². The molecule has 1 heterocycles. The van der Waals surface area contributed by atoms with E-state index in [1.165, 1.54) is 53.1 Å². The summed E-state index contributed by atoms with van der Waals surface area (Å²) in [5, 5.41) is 0.455. The maximum Gasteiger partial charge on any atom is 0.124 e. The van der Waals surface area contributed by atoms with Crippen LogP contribution in [0.3, 0.4) is 0 Å². The molecule has 1 atom stereocenters. The highest BCUT2D eigenvalue weighted by molar-refractivity contribution is 7.12. The Labute approximate surface area is 133 Å². The van der Waals surface area contributed by atoms with E-state index in [1.54, 1.807) is 6.07 Å². The highest BCUT2D eigenvalue weighted by Crippen LogP contribution is 2.34. The average Bonchev–Trinajstić information content (AvgIpc) is 2.90. The van der Waals surface area contributed by atoms with Gasteiger partial charge in [0.25, 0.3) is 0 Å². The number of hydrogen-bond donors (Lipinski definition) is 2. The summed E-state index contributed by atoms with van der Waals surface area (Å²) in [7, 11) is 0. The van der Waals surface area contributed by atoms with Gasteiger partial charge in [-0.15, -0.1) is 11.3 Å². The molecule has 0 bridgehead atoms. The van der Waals surface area contributed by atoms with E-state index in [-0.39, 0.29) is 11.9 Å². The topological polar surface area (TPSA) is 38.0 Å². The lowest BCUT2D eigenvalue weighted by Crippen LogP contribution is -2.29. The van der Waals surface area contributed by atoms with Crippen LogP contribution in [0.5, 0.6) is 0 Å². The number of nitrogens with one attached hydrogen (secondary N) is 1. The van der Waals surface area contributed by atoms with Crippen molar-refractivity contribution in [2.24, 2.45) is 5.84 Å². The van der Waals surface area contributed by atoms with E-state index in [0.717, 1.165) is 5.56 Å². The second-order valence-corrected chi connectivity index (χ2v) is 7.04. The molecule has 0 aliphatic heterocycles. The second-order valence-electron chi connectivity index (χ2n) is 5.46. The van der Waals surface area contributed by atoms with Crippen LogP contribution in [0.2, 0.25) is 5.02 Å². The summed E-state index contributed by atoms with van der Waals surface area (Å²) < 4.78 is 13.1. The highest BCUT2D eigenvalue weighted by atomic mass is 35.5. The van der Waals surface area contributed by atoms with Crippen LogP contribution < -0.4 is 11.3 Å². The molecule has 5 heteroatoms. The molecule has 3 N–H and O–H groups in total. The summed E-state index contributed by atoms with van der Waals surface area (Å²) in [5.74, 6) is 5.42. The van der Waals surface area contributed by atoms with Crippen LogP contribution in [0.25, 0.3) is 0 Å². The molecule has 1 aliphatic carbocycles. The van der Waals surface area contributed by atoms with Gasteiger partial charge >= 0.3 is 0 Å². The van der Waals surface area contributed by atoms with Crippen molar-refractivity contribution in [1.29, 1.82) is 0 Å². The minimum atomic E-state index is -0.312. The summed E-state index contributed by atoms with van der Waals surface area (Å²) in [5.41, 5.74) is 5.25. The van der Waals surface area contributed by atoms with E-state index >= 15 is 0 Å². The summed E-state index contributed by atoms with van der Waals surface area (Å²) in [6.45, 7) is 0. The molecule has 1 unspecified atom stereocenters. The fourth-order valence-corrected chi connectivity index (χ4v) is 4.40. The SMILES string of the molecule is NNC(Cc1ccc(F)cc1Cl)c1cc2c(s1)CCCC2. The third kappa shape index (κ3) is 3.29. The molecule has 0 amide bonds. The number of rotatable bonds is 4. The lowest BCUT2D eigenvalue weighted by molar-refractivity contribution is 0.559. The molecule has 2 nitrogen and oxygen atoms in total. The first-order valence-electron chi connectivity index (χ1n) is 7.19. The first kappa shape index (κ1) is 15.0. The quantitative estimate of drug-likeness (QED) is 0.654. The molecular formula is C16H18ClFN2S. The summed E-state index contributed by atoms with van der Waals surface area (Å²) in [4.78, 5) is 2.73. The highest BCUT2D eigenvalue weighted by Gasteiger charge is 2.19. The Balaban J connectivity index is 1.83. The van der Waals surface area contributed by atoms with Gasteiger partial charge in [-0.25, -0.2) is 4.39 Å². The van der Waals surface area contributed by atoms with Crippen LogP contribution in [-0.2, 0) is 19.3 Å². The number of benzene rings is 1. The van der Waals surface area contributed by atoms with Crippen LogP contribution in [-0.4, -0.2) is 0 Å². The van der Waals surface area contributed by atoms with E-state index in [4.69, 9.17) is 17.4 Å². The normalized spacial score (nSPS) is 15.8. The number of halogens is 2. The summed E-state index contributed by atoms with van der Waals surface area (Å²) >= 11 is 7.95. The Kier molecular flexibility index (Phi) is 4.60. The van der Waals surface area contributed by atoms with Gasteiger partial charge in [0.05, 0.1) is 6.04 Å². The van der Waals surface area contributed by atoms with Crippen LogP contribution in [0.1, 0.15) is 39.8 Å². The van der Waals surface area contributed by atoms with Crippen molar-refractivity contribution in [3.8, 4) is 0 Å². The number of hydrazine groups is 1. The summed E-state index contributed by atoms with van der Waals surface area (Å²) in [6, 6.07) is 6.80. The number of nitrogens with two attached hydrogens (primary N) is 1. The molecule has 2 aromatic rings. The molecule has 0 saturated carbocycles. The zero-order chi connectivity index (χ0) is 14.8. The molecular weight excluding hydrogens is 307 g/mol. The Morgan fingerprint density at radius 1 is 1.29 bits per heavy atom. The number of aryl methyl sites for hydroxylation is 2. The minimum absolute atomic E-state index is 0.0172. The standard InChI is InChI=1S/C16H18ClFN2S/c17-13-9-12(18)6-5-10(13)7-14(20-19)16-8-11-3-1-2-4-15(11)21-16/h5-6,8-9,14,20H,1-4,7,19H2. The first-order valence-corrected chi connectivity index (χ1v) is 8.38. The van der Waals surface area contributed by atoms with E-state index < -0.39 is 0 Å². The Bertz CT molecular complexity index is 618. The van der Waals surface area contributed by atoms with Gasteiger partial charge in [0, 0.05) is 14.8 Å². The van der Waals surface area contributed by atoms with Crippen molar-refractivity contribution < 1.29 is 4.39 Å². The predicted molar refractivity (Wildman–Crippen MR) is 86.1 cm³/mol. The van der Waals surface area contributed by atoms with Crippen molar-refractivity contribution in [1.82, 2.24) is 5.43 Å². The molecule has 1 aromatic carbocycles. The predicted octanol–water partition coefficient (Wildman–Crippen LogP) is 4.17. The lowest BCUT2D eigenvalue weighted by atomic mass is 9.98. The number of fused-ring (bicyclic) bond motifs is 1. The van der Waals surface area contributed by atoms with Gasteiger partial charge < -0.3 is 0 Å². The maximum atomic E-state index is 13.1. The number of hydrogen-bond acceptors (Lipinski definition) is 3. The van der Waals surface area contributed by atoms with Gasteiger partial charge in [-0.3, -0.25) is 11.3 Å². The fraction of sp³-hybridized carbons (Fsp3) is 0.375. The zero-order valence-electron chi connectivity index (χ0n) is 11.7. The van der Waals surface area contributed by atoms with Gasteiger partial charge in [-0.1, -0.05) is 17.7 Å². The molecule has 0 fully saturated rings. The second kappa shape index (κ2) is 6.44. The van der Waals surface area contributed by atoms with Crippen LogP contribution >= 0.6 is 22.9 Å². The van der Waals surface area contributed by atoms with Crippen LogP contribution in [0.15, 0.2) is 24.3 Å². The van der Waals surface area contributed by atoms with Crippen molar-refractivity contribution in [3.05, 3.63) is 56.0 Å². The molecule has 0 saturated heterocycles. The molecule has 3 rings (SSSR count). The van der Waals surface area contributed by atoms with Gasteiger partial charge in [0.15, 0.2) is 0 Å². The number of thiophene rings is 1. The van der Waals surface area contributed by atoms with Gasteiger partial charge in [0.1, 0.15) is 5.82 Å². The molecule has 1 aromatic heterocycles. The first-order chi connectivity index (χ1) is 10.2. The van der Waals surface area contributed by atoms with E-state index in [0.29, 0.717) is 11.4 Å². The van der Waals surface area contributed by atoms with Gasteiger partial charge in [-0.05, 0) is 61.4 Å². The van der Waals surface area contributed by atoms with Crippen molar-refractivity contribution in [2.45, 2.75) is 38.1 Å². The Morgan fingerprint density at radius 2 is 2.10 bits per heavy atom. The third-order valence-corrected chi connectivity index (χ3v) is 5.70. The van der Waals surface area contributed by atoms with Crippen LogP contribution in [0, 0.1) is 5.82 Å². The van der Waals surface area contributed by atoms with E-state index in [9.17, 15) is 4.39 Å². The largest absolute Gasteiger partial charge is 0.271 e. The van der Waals surface area contributed by atoms with Crippen LogP contribution in [0.4, 0.5) is 4.39 Å². The summed E-state index contributed by atoms with van der Waals surface area (Å²) in [6.07, 6.45) is 5.55. The average molecular weight is 325 g/mol. The van der Waals surface area contributed by atoms with Crippen molar-refractivity contribution in [2.75, 3.05) is 0 Å². The van der Waals surface area contributed by atoms with Crippen molar-refractivity contribution in [3.63, 3.8) is 0 Å². The zero-order valence-corrected chi connectivity index (χ0v) is 13.2. The maximum absolute atomic E-state index is 13.1. The smallest absolute Gasteiger partial charge is 0.124 e. The third-order valence-electron chi connectivity index (χ3n) is 4.00. The fourth-order valence-electron chi connectivity index (χ4n) is 2.83. The Morgan fingerprint density at radius 3 is 2.81 bits per heavy atom. The lowest BCUT2D eigenvalue weighted by Gasteiger charge is -2.15. The van der Waals surface area contributed by atoms with Gasteiger partial charge in [0.2, 0.25) is 0 Å². The Hall–Kier alpha value is -0.940. The minimum Gasteiger partial charge on any atom is -0.271 e. The molecule has 21 heavy (non-hydrogen) atoms. The van der Waals surface area contributed by atoms with E-state index in [1.807, 2.05) is 11.3 Å². The van der Waals surface area contributed by atoms with Crippen molar-refractivity contribution >= 4 is 22.9 Å². The molecule has 112 valence electrons. The monoisotopic (exact) mass is 324 g/mol. The molecule has 1 aliphatic rings. The van der Waals surface area contributed by atoms with E-state index in [2.05, 4.69) is 11.5 Å². The molecule has 0 spiro atoms. The molecule has 0 radical (unpaired) electrons.